The van der Waals surface area contributed by atoms with Crippen molar-refractivity contribution in [2.45, 2.75) is 36.8 Å². The molecule has 3 aromatic rings. The van der Waals surface area contributed by atoms with E-state index in [1.54, 1.807) is 17.6 Å². The Hall–Kier alpha value is -2.88. The molecular formula is C23H26ClN3O5S. The highest BCUT2D eigenvalue weighted by Crippen LogP contribution is 2.25. The monoisotopic (exact) mass is 491 g/mol. The van der Waals surface area contributed by atoms with Crippen molar-refractivity contribution in [2.75, 3.05) is 12.4 Å². The first kappa shape index (κ1) is 24.8. The lowest BCUT2D eigenvalue weighted by molar-refractivity contribution is 0.0994. The van der Waals surface area contributed by atoms with E-state index in [9.17, 15) is 18.3 Å². The van der Waals surface area contributed by atoms with Crippen molar-refractivity contribution in [1.82, 2.24) is 9.55 Å². The number of benzene rings is 2. The van der Waals surface area contributed by atoms with Gasteiger partial charge in [0.05, 0.1) is 29.1 Å². The van der Waals surface area contributed by atoms with Gasteiger partial charge >= 0.3 is 0 Å². The minimum absolute atomic E-state index is 0.00863. The molecule has 3 N–H and O–H groups in total. The summed E-state index contributed by atoms with van der Waals surface area (Å²) in [7, 11) is -3.50. The normalized spacial score (nSPS) is 13.4. The van der Waals surface area contributed by atoms with E-state index in [1.165, 1.54) is 36.8 Å². The fraction of sp³-hybridized carbons (Fsp3) is 0.304. The Bertz CT molecular complexity index is 1190. The Balaban J connectivity index is 1.64. The highest BCUT2D eigenvalue weighted by molar-refractivity contribution is 7.91. The second-order valence-electron chi connectivity index (χ2n) is 7.65. The van der Waals surface area contributed by atoms with Crippen LogP contribution in [0.4, 0.5) is 0 Å². The Kier molecular flexibility index (Phi) is 8.12. The molecule has 3 rings (SSSR count). The van der Waals surface area contributed by atoms with Crippen molar-refractivity contribution in [3.63, 3.8) is 0 Å². The molecule has 33 heavy (non-hydrogen) atoms. The zero-order chi connectivity index (χ0) is 24.0. The van der Waals surface area contributed by atoms with Gasteiger partial charge in [0.1, 0.15) is 18.1 Å². The molecule has 0 bridgehead atoms. The van der Waals surface area contributed by atoms with Gasteiger partial charge in [-0.15, -0.1) is 0 Å². The predicted molar refractivity (Wildman–Crippen MR) is 125 cm³/mol. The summed E-state index contributed by atoms with van der Waals surface area (Å²) in [6, 6.07) is 13.0. The summed E-state index contributed by atoms with van der Waals surface area (Å²) in [5, 5.41) is 10.7. The number of rotatable bonds is 11. The van der Waals surface area contributed by atoms with Crippen molar-refractivity contribution in [3.05, 3.63) is 77.3 Å². The number of carbonyl (C=O) groups is 1. The predicted octanol–water partition coefficient (Wildman–Crippen LogP) is 3.04. The van der Waals surface area contributed by atoms with E-state index < -0.39 is 21.8 Å². The van der Waals surface area contributed by atoms with Crippen LogP contribution in [0, 0.1) is 0 Å². The quantitative estimate of drug-likeness (QED) is 0.424. The Morgan fingerprint density at radius 2 is 1.91 bits per heavy atom. The lowest BCUT2D eigenvalue weighted by Crippen LogP contribution is -2.21. The lowest BCUT2D eigenvalue weighted by atomic mass is 10.0. The Morgan fingerprint density at radius 1 is 1.21 bits per heavy atom. The lowest BCUT2D eigenvalue weighted by Gasteiger charge is -2.22. The maximum atomic E-state index is 12.5. The molecule has 1 aromatic heterocycles. The highest BCUT2D eigenvalue weighted by Gasteiger charge is 2.20. The summed E-state index contributed by atoms with van der Waals surface area (Å²) in [5.41, 5.74) is 6.27. The number of nitrogens with two attached hydrogens (primary N) is 1. The molecule has 0 fully saturated rings. The van der Waals surface area contributed by atoms with Crippen LogP contribution in [0.25, 0.3) is 0 Å². The molecule has 0 aliphatic carbocycles. The third-order valence-corrected chi connectivity index (χ3v) is 7.20. The molecule has 0 aliphatic rings. The number of hydrogen-bond acceptors (Lipinski definition) is 6. The van der Waals surface area contributed by atoms with E-state index >= 15 is 0 Å². The standard InChI is InChI=1S/C23H26ClN3O5S/c1-16(28)21(27-14-20(23(25)29)26-15-27)11-6-17-4-2-3-5-22(17)32-12-13-33(30,31)19-9-7-18(24)8-10-19/h2-5,7-10,14-16,21,28H,6,11-13H2,1H3,(H2,25,29)/t16-,21+/m0/s1. The smallest absolute Gasteiger partial charge is 0.268 e. The van der Waals surface area contributed by atoms with Crippen LogP contribution in [0.5, 0.6) is 5.75 Å². The van der Waals surface area contributed by atoms with Gasteiger partial charge < -0.3 is 20.1 Å². The van der Waals surface area contributed by atoms with Crippen LogP contribution in [0.2, 0.25) is 5.02 Å². The van der Waals surface area contributed by atoms with Crippen LogP contribution in [0.3, 0.4) is 0 Å². The number of aromatic nitrogens is 2. The number of sulfone groups is 1. The van der Waals surface area contributed by atoms with E-state index in [0.717, 1.165) is 5.56 Å². The van der Waals surface area contributed by atoms with Gasteiger partial charge in [-0.1, -0.05) is 29.8 Å². The summed E-state index contributed by atoms with van der Waals surface area (Å²) in [5.74, 6) is -0.230. The van der Waals surface area contributed by atoms with Gasteiger partial charge in [-0.3, -0.25) is 4.79 Å². The van der Waals surface area contributed by atoms with Gasteiger partial charge in [0.25, 0.3) is 5.91 Å². The summed E-state index contributed by atoms with van der Waals surface area (Å²) < 4.78 is 32.5. The minimum atomic E-state index is -3.50. The molecule has 0 spiro atoms. The fourth-order valence-electron chi connectivity index (χ4n) is 3.46. The van der Waals surface area contributed by atoms with E-state index in [1.807, 2.05) is 18.2 Å². The Morgan fingerprint density at radius 3 is 2.55 bits per heavy atom. The number of primary amides is 1. The number of halogens is 1. The highest BCUT2D eigenvalue weighted by atomic mass is 35.5. The number of imidazole rings is 1. The van der Waals surface area contributed by atoms with Crippen molar-refractivity contribution in [2.24, 2.45) is 5.73 Å². The second kappa shape index (κ2) is 10.8. The SMILES string of the molecule is C[C@H](O)[C@@H](CCc1ccccc1OCCS(=O)(=O)c1ccc(Cl)cc1)n1cnc(C(N)=O)c1. The molecule has 0 aliphatic heterocycles. The molecule has 0 unspecified atom stereocenters. The van der Waals surface area contributed by atoms with E-state index in [-0.39, 0.29) is 29.0 Å². The molecule has 2 aromatic carbocycles. The molecule has 0 saturated carbocycles. The first-order chi connectivity index (χ1) is 15.7. The minimum Gasteiger partial charge on any atom is -0.492 e. The Labute approximate surface area is 197 Å². The zero-order valence-electron chi connectivity index (χ0n) is 18.1. The van der Waals surface area contributed by atoms with Crippen LogP contribution in [-0.4, -0.2) is 47.4 Å². The van der Waals surface area contributed by atoms with Gasteiger partial charge in [0.15, 0.2) is 9.84 Å². The molecule has 1 heterocycles. The van der Waals surface area contributed by atoms with Gasteiger partial charge in [0.2, 0.25) is 0 Å². The number of aliphatic hydroxyl groups is 1. The summed E-state index contributed by atoms with van der Waals surface area (Å²) in [6.07, 6.45) is 3.39. The number of para-hydroxylation sites is 1. The number of hydrogen-bond donors (Lipinski definition) is 2. The zero-order valence-corrected chi connectivity index (χ0v) is 19.7. The third-order valence-electron chi connectivity index (χ3n) is 5.26. The first-order valence-corrected chi connectivity index (χ1v) is 12.4. The molecule has 0 radical (unpaired) electrons. The van der Waals surface area contributed by atoms with Crippen molar-refractivity contribution in [1.29, 1.82) is 0 Å². The van der Waals surface area contributed by atoms with Crippen molar-refractivity contribution < 1.29 is 23.1 Å². The topological polar surface area (TPSA) is 125 Å². The van der Waals surface area contributed by atoms with Crippen LogP contribution in [0.15, 0.2) is 66.0 Å². The largest absolute Gasteiger partial charge is 0.492 e. The molecule has 10 heteroatoms. The van der Waals surface area contributed by atoms with Gasteiger partial charge in [0, 0.05) is 11.2 Å². The average Bonchev–Trinajstić information content (AvgIpc) is 3.25. The maximum Gasteiger partial charge on any atom is 0.268 e. The van der Waals surface area contributed by atoms with Gasteiger partial charge in [-0.05, 0) is 55.7 Å². The van der Waals surface area contributed by atoms with E-state index in [4.69, 9.17) is 22.1 Å². The maximum absolute atomic E-state index is 12.5. The summed E-state index contributed by atoms with van der Waals surface area (Å²) >= 11 is 5.83. The summed E-state index contributed by atoms with van der Waals surface area (Å²) in [4.78, 5) is 15.5. The molecule has 8 nitrogen and oxygen atoms in total. The molecule has 0 saturated heterocycles. The third kappa shape index (κ3) is 6.56. The van der Waals surface area contributed by atoms with Crippen LogP contribution in [-0.2, 0) is 16.3 Å². The van der Waals surface area contributed by atoms with E-state index in [0.29, 0.717) is 23.6 Å². The van der Waals surface area contributed by atoms with Crippen LogP contribution in [0.1, 0.15) is 35.4 Å². The van der Waals surface area contributed by atoms with Crippen molar-refractivity contribution >= 4 is 27.3 Å². The first-order valence-electron chi connectivity index (χ1n) is 10.4. The van der Waals surface area contributed by atoms with Gasteiger partial charge in [-0.2, -0.15) is 0 Å². The average molecular weight is 492 g/mol. The number of aryl methyl sites for hydroxylation is 1. The number of carbonyl (C=O) groups excluding carboxylic acids is 1. The molecular weight excluding hydrogens is 466 g/mol. The van der Waals surface area contributed by atoms with Crippen molar-refractivity contribution in [3.8, 4) is 5.75 Å². The second-order valence-corrected chi connectivity index (χ2v) is 10.2. The molecule has 2 atom stereocenters. The van der Waals surface area contributed by atoms with Crippen LogP contribution >= 0.6 is 11.6 Å². The fourth-order valence-corrected chi connectivity index (χ4v) is 4.68. The molecule has 1 amide bonds. The number of amides is 1. The number of ether oxygens (including phenoxy) is 1. The van der Waals surface area contributed by atoms with E-state index in [2.05, 4.69) is 4.98 Å². The number of nitrogens with zero attached hydrogens (tertiary/aromatic N) is 2. The summed E-state index contributed by atoms with van der Waals surface area (Å²) in [6.45, 7) is 1.66. The van der Waals surface area contributed by atoms with Crippen LogP contribution < -0.4 is 10.5 Å². The van der Waals surface area contributed by atoms with Gasteiger partial charge in [-0.25, -0.2) is 13.4 Å². The molecule has 176 valence electrons. The number of aliphatic hydroxyl groups excluding tert-OH is 1.